The van der Waals surface area contributed by atoms with Crippen LogP contribution in [0.2, 0.25) is 0 Å². The highest BCUT2D eigenvalue weighted by Gasteiger charge is 2.74. The van der Waals surface area contributed by atoms with Crippen LogP contribution in [0.25, 0.3) is 0 Å². The fourth-order valence-electron chi connectivity index (χ4n) is 15.7. The summed E-state index contributed by atoms with van der Waals surface area (Å²) in [5, 5.41) is 145. The molecule has 25 heteroatoms. The summed E-state index contributed by atoms with van der Waals surface area (Å²) in [5.41, 5.74) is -0.852. The van der Waals surface area contributed by atoms with Crippen LogP contribution in [-0.4, -0.2) is 251 Å². The Morgan fingerprint density at radius 3 is 2.00 bits per heavy atom. The Bertz CT molecular complexity index is 2120. The fraction of sp³-hybridized carbons (Fsp3) is 0.942. The molecule has 13 N–H and O–H groups in total. The number of carbonyl (C=O) groups excluding carboxylic acids is 1. The van der Waals surface area contributed by atoms with Crippen LogP contribution < -0.4 is 0 Å². The Morgan fingerprint density at radius 2 is 1.31 bits per heavy atom. The molecule has 440 valence electrons. The van der Waals surface area contributed by atoms with E-state index in [2.05, 4.69) is 13.0 Å². The van der Waals surface area contributed by atoms with Gasteiger partial charge in [-0.3, -0.25) is 4.79 Å². The van der Waals surface area contributed by atoms with Crippen molar-refractivity contribution in [3.05, 3.63) is 11.6 Å². The quantitative estimate of drug-likeness (QED) is 0.0736. The zero-order valence-corrected chi connectivity index (χ0v) is 44.3. The normalized spacial score (nSPS) is 57.6. The molecule has 1 spiro atoms. The summed E-state index contributed by atoms with van der Waals surface area (Å²) in [7, 11) is 0. The second-order valence-electron chi connectivity index (χ2n) is 24.3. The van der Waals surface area contributed by atoms with Crippen molar-refractivity contribution in [1.29, 1.82) is 0 Å². The highest BCUT2D eigenvalue weighted by Crippen LogP contribution is 2.71. The van der Waals surface area contributed by atoms with Crippen molar-refractivity contribution in [2.45, 2.75) is 240 Å². The fourth-order valence-corrected chi connectivity index (χ4v) is 15.7. The third-order valence-corrected chi connectivity index (χ3v) is 20.0. The maximum atomic E-state index is 12.8. The first kappa shape index (κ1) is 58.5. The number of esters is 1. The summed E-state index contributed by atoms with van der Waals surface area (Å²) >= 11 is 0. The molecule has 4 aliphatic carbocycles. The highest BCUT2D eigenvalue weighted by molar-refractivity contribution is 5.66. The van der Waals surface area contributed by atoms with Gasteiger partial charge in [-0.05, 0) is 57.3 Å². The third-order valence-electron chi connectivity index (χ3n) is 20.0. The Labute approximate surface area is 445 Å². The van der Waals surface area contributed by atoms with Gasteiger partial charge in [-0.2, -0.15) is 0 Å². The molecule has 0 aromatic heterocycles. The largest absolute Gasteiger partial charge is 0.457 e. The maximum Gasteiger partial charge on any atom is 0.303 e. The minimum Gasteiger partial charge on any atom is -0.457 e. The number of rotatable bonds is 10. The summed E-state index contributed by atoms with van der Waals surface area (Å²) in [4.78, 5) is 11.9. The topological polar surface area (TPSA) is 382 Å². The minimum atomic E-state index is -1.89. The molecule has 6 heterocycles. The molecular weight excluding hydrogens is 1020 g/mol. The molecule has 25 nitrogen and oxygen atoms in total. The predicted octanol–water partition coefficient (Wildman–Crippen LogP) is -3.84. The summed E-state index contributed by atoms with van der Waals surface area (Å²) in [6.45, 7) is 10.8. The Kier molecular flexibility index (Phi) is 16.6. The summed E-state index contributed by atoms with van der Waals surface area (Å²) in [6, 6.07) is 0. The second kappa shape index (κ2) is 21.8. The Morgan fingerprint density at radius 1 is 0.662 bits per heavy atom. The average Bonchev–Trinajstić information content (AvgIpc) is 3.85. The van der Waals surface area contributed by atoms with Crippen LogP contribution >= 0.6 is 0 Å². The number of allylic oxidation sites excluding steroid dienone is 1. The lowest BCUT2D eigenvalue weighted by Crippen LogP contribution is -2.67. The van der Waals surface area contributed by atoms with E-state index in [4.69, 9.17) is 52.1 Å². The van der Waals surface area contributed by atoms with Crippen LogP contribution in [0.15, 0.2) is 11.6 Å². The summed E-state index contributed by atoms with van der Waals surface area (Å²) in [5.74, 6) is -4.11. The van der Waals surface area contributed by atoms with Crippen molar-refractivity contribution in [3.63, 3.8) is 0 Å². The standard InChI is InChI=1S/C52H82O25/c1-17-15-68-52(45(66)41(17)74-47-39(64)36(61)33(58)19(3)69-47)18(2)32-28(77-52)12-25-24-9-8-22-10-23(55)11-31(50(22,6)26(24)13-30(57)51(25,32)7)73-49-44(76-48-40(65)37(62)42(20(4)70-48)71-21(5)54)43(35(60)29(14-53)72-49)75-46-38(63)34(59)27(56)16-67-46/h8,17-20,23-49,53,55-66H,9-16H2,1-7H3/t17-,18+,19-,20+,23-,24+,25+,26+,27-,28?,29-,30-,31-,32?,33+,34+,35-,36+,37+,38-,39-,40-,41+,42+,43+,44-,45+,46+,47+,48+,49+,50+,51-,52+/m1/s1. The minimum absolute atomic E-state index is 0.0304. The number of carbonyl (C=O) groups is 1. The van der Waals surface area contributed by atoms with Gasteiger partial charge in [-0.25, -0.2) is 0 Å². The van der Waals surface area contributed by atoms with Crippen LogP contribution in [0.1, 0.15) is 80.6 Å². The van der Waals surface area contributed by atoms with Crippen LogP contribution in [0, 0.1) is 46.3 Å². The van der Waals surface area contributed by atoms with Crippen LogP contribution in [0.5, 0.6) is 0 Å². The zero-order chi connectivity index (χ0) is 55.7. The molecule has 0 amide bonds. The molecule has 6 aliphatic heterocycles. The van der Waals surface area contributed by atoms with Gasteiger partial charge in [0.25, 0.3) is 0 Å². The first-order valence-electron chi connectivity index (χ1n) is 27.4. The molecule has 9 fully saturated rings. The van der Waals surface area contributed by atoms with Crippen molar-refractivity contribution >= 4 is 5.97 Å². The number of fused-ring (bicyclic) bond motifs is 7. The van der Waals surface area contributed by atoms with E-state index in [0.717, 1.165) is 12.5 Å². The zero-order valence-electron chi connectivity index (χ0n) is 44.3. The number of ether oxygens (including phenoxy) is 11. The van der Waals surface area contributed by atoms with E-state index in [0.29, 0.717) is 12.8 Å². The van der Waals surface area contributed by atoms with Gasteiger partial charge in [0.1, 0.15) is 79.4 Å². The van der Waals surface area contributed by atoms with E-state index in [1.807, 2.05) is 20.8 Å². The lowest BCUT2D eigenvalue weighted by atomic mass is 9.45. The molecule has 0 bridgehead atoms. The van der Waals surface area contributed by atoms with E-state index < -0.39 is 201 Å². The van der Waals surface area contributed by atoms with Gasteiger partial charge in [-0.1, -0.05) is 39.3 Å². The molecule has 6 saturated heterocycles. The van der Waals surface area contributed by atoms with Gasteiger partial charge in [0, 0.05) is 41.9 Å². The number of aliphatic hydroxyl groups is 13. The SMILES string of the molecule is CC(=O)O[C@@H]1[C@@H](O)[C@@H](O)[C@H](O[C@H]2[C@H](O[C@@H]3C[C@H](O)CC4=CC[C@@H]5[C@H](C[C@@H](O)[C@]6(C)C7C(C[C@@H]56)O[C@@]5(OC[C@@H](C)[C@H](O[C@@H]6O[C@H](C)[C@H](O)[C@H](O)[C@H]6O)[C@@H]5O)[C@H]7C)[C@]43C)O[C@H](CO)[C@@H](O)[C@@H]2O[C@@H]2OC[C@@H](O)[C@H](O)[C@H]2O)O[C@H]1C. The van der Waals surface area contributed by atoms with Crippen LogP contribution in [0.4, 0.5) is 0 Å². The van der Waals surface area contributed by atoms with E-state index in [1.165, 1.54) is 6.92 Å². The molecular formula is C52H82O25. The molecule has 0 aromatic rings. The van der Waals surface area contributed by atoms with Gasteiger partial charge in [0.15, 0.2) is 37.1 Å². The number of aliphatic hydroxyl groups excluding tert-OH is 13. The molecule has 3 saturated carbocycles. The molecule has 77 heavy (non-hydrogen) atoms. The van der Waals surface area contributed by atoms with Crippen molar-refractivity contribution in [3.8, 4) is 0 Å². The lowest BCUT2D eigenvalue weighted by Gasteiger charge is -2.62. The second-order valence-corrected chi connectivity index (χ2v) is 24.3. The molecule has 10 aliphatic rings. The van der Waals surface area contributed by atoms with E-state index in [9.17, 15) is 71.2 Å². The lowest BCUT2D eigenvalue weighted by molar-refractivity contribution is -0.393. The van der Waals surface area contributed by atoms with Gasteiger partial charge < -0.3 is 118 Å². The molecule has 0 aromatic carbocycles. The molecule has 0 radical (unpaired) electrons. The van der Waals surface area contributed by atoms with Crippen LogP contribution in [0.3, 0.4) is 0 Å². The first-order valence-corrected chi connectivity index (χ1v) is 27.4. The number of hydrogen-bond donors (Lipinski definition) is 13. The molecule has 34 atom stereocenters. The third kappa shape index (κ3) is 9.58. The van der Waals surface area contributed by atoms with Crippen LogP contribution in [-0.2, 0) is 56.9 Å². The van der Waals surface area contributed by atoms with Crippen molar-refractivity contribution < 1.29 is 123 Å². The van der Waals surface area contributed by atoms with E-state index in [-0.39, 0.29) is 49.5 Å². The summed E-state index contributed by atoms with van der Waals surface area (Å²) < 4.78 is 68.2. The Hall–Kier alpha value is -1.71. The van der Waals surface area contributed by atoms with Gasteiger partial charge in [-0.15, -0.1) is 0 Å². The number of hydrogen-bond acceptors (Lipinski definition) is 25. The van der Waals surface area contributed by atoms with E-state index >= 15 is 0 Å². The van der Waals surface area contributed by atoms with Crippen molar-refractivity contribution in [2.24, 2.45) is 46.3 Å². The van der Waals surface area contributed by atoms with Crippen molar-refractivity contribution in [2.75, 3.05) is 19.8 Å². The van der Waals surface area contributed by atoms with Gasteiger partial charge in [0.05, 0.1) is 62.5 Å². The summed E-state index contributed by atoms with van der Waals surface area (Å²) in [6.07, 6.45) is -31.5. The van der Waals surface area contributed by atoms with E-state index in [1.54, 1.807) is 6.92 Å². The van der Waals surface area contributed by atoms with Gasteiger partial charge >= 0.3 is 5.97 Å². The van der Waals surface area contributed by atoms with Gasteiger partial charge in [0.2, 0.25) is 0 Å². The Balaban J connectivity index is 0.929. The monoisotopic (exact) mass is 1110 g/mol. The first-order chi connectivity index (χ1) is 36.3. The molecule has 10 rings (SSSR count). The smallest absolute Gasteiger partial charge is 0.303 e. The van der Waals surface area contributed by atoms with Crippen molar-refractivity contribution in [1.82, 2.24) is 0 Å². The maximum absolute atomic E-state index is 12.8. The highest BCUT2D eigenvalue weighted by atomic mass is 16.8. The average molecular weight is 1110 g/mol. The molecule has 2 unspecified atom stereocenters. The predicted molar refractivity (Wildman–Crippen MR) is 255 cm³/mol.